The van der Waals surface area contributed by atoms with Crippen LogP contribution in [0.1, 0.15) is 70.7 Å². The van der Waals surface area contributed by atoms with Gasteiger partial charge in [-0.3, -0.25) is 38.9 Å². The summed E-state index contributed by atoms with van der Waals surface area (Å²) in [6.45, 7) is 12.3. The molecule has 5 heterocycles. The fraction of sp³-hybridized carbons (Fsp3) is 0.509. The van der Waals surface area contributed by atoms with Gasteiger partial charge in [0.25, 0.3) is 11.8 Å². The first-order valence-electron chi connectivity index (χ1n) is 24.0. The van der Waals surface area contributed by atoms with Crippen molar-refractivity contribution in [2.24, 2.45) is 17.3 Å². The lowest BCUT2D eigenvalue weighted by Crippen LogP contribution is -2.62. The Morgan fingerprint density at radius 2 is 1.75 bits per heavy atom. The van der Waals surface area contributed by atoms with E-state index < -0.39 is 47.2 Å². The highest BCUT2D eigenvalue weighted by Gasteiger charge is 2.40. The number of pyridine rings is 1. The smallest absolute Gasteiger partial charge is 0.324 e. The number of phenols is 1. The number of likely N-dealkylation sites (tertiary alicyclic amines) is 1. The van der Waals surface area contributed by atoms with Gasteiger partial charge >= 0.3 is 5.97 Å². The Balaban J connectivity index is 0.00000352. The summed E-state index contributed by atoms with van der Waals surface area (Å²) in [5, 5.41) is 16.7. The number of aromatic nitrogens is 2. The molecule has 3 aliphatic rings. The van der Waals surface area contributed by atoms with Gasteiger partial charge in [0.1, 0.15) is 23.9 Å². The van der Waals surface area contributed by atoms with Crippen molar-refractivity contribution in [1.82, 2.24) is 40.0 Å². The first-order valence-corrected chi connectivity index (χ1v) is 24.0. The number of hydrogen-bond donors (Lipinski definition) is 3. The highest BCUT2D eigenvalue weighted by Crippen LogP contribution is 2.41. The molecule has 2 aromatic carbocycles. The van der Waals surface area contributed by atoms with E-state index in [4.69, 9.17) is 14.5 Å². The number of cyclic esters (lactones) is 1. The quantitative estimate of drug-likeness (QED) is 0.140. The molecule has 0 aliphatic carbocycles. The van der Waals surface area contributed by atoms with Crippen molar-refractivity contribution in [1.29, 1.82) is 0 Å². The summed E-state index contributed by atoms with van der Waals surface area (Å²) in [7, 11) is 6.96. The second-order valence-electron chi connectivity index (χ2n) is 20.1. The third-order valence-corrected chi connectivity index (χ3v) is 13.4. The third kappa shape index (κ3) is 14.5. The van der Waals surface area contributed by atoms with Crippen molar-refractivity contribution in [3.63, 3.8) is 0 Å². The molecule has 3 N–H and O–H groups in total. The standard InChI is InChI=1S/C53H68N8O8.4H2S/c1-10-60-45-18-17-35-28-40(45)41(48(60)39-14-11-20-54-44(39)31-68-9)29-53(4,5)32-69-52(67)42-15-12-22-61(56-42)51(66)43(26-34-24-37(35)27-38(62)25-34)55-49(64)47(33(2)3)58(8)50(65)36-19-23-59(30-36)46(63)16-13-21-57(6)7;;;;/h11,14,17-18,20,24-25,27-28,33,36,42-43,47,56,62H,10,12,15,19,21-23,26,29-32H2,1-9H3,(H,55,64);4*1H2/t36-,42-,43-,47-;;;;/m0..../s1. The predicted molar refractivity (Wildman–Crippen MR) is 305 cm³/mol. The van der Waals surface area contributed by atoms with Crippen molar-refractivity contribution < 1.29 is 38.6 Å². The van der Waals surface area contributed by atoms with Crippen LogP contribution in [0.2, 0.25) is 0 Å². The minimum absolute atomic E-state index is 0. The van der Waals surface area contributed by atoms with Crippen LogP contribution in [0.4, 0.5) is 0 Å². The number of aromatic hydroxyl groups is 1. The maximum Gasteiger partial charge on any atom is 0.324 e. The molecule has 4 aromatic rings. The van der Waals surface area contributed by atoms with Gasteiger partial charge in [-0.25, -0.2) is 5.43 Å². The molecule has 0 spiro atoms. The Morgan fingerprint density at radius 1 is 1.01 bits per heavy atom. The number of aryl methyl sites for hydroxylation is 1. The third-order valence-electron chi connectivity index (χ3n) is 13.4. The van der Waals surface area contributed by atoms with E-state index in [1.54, 1.807) is 37.4 Å². The van der Waals surface area contributed by atoms with Crippen LogP contribution >= 0.6 is 54.0 Å². The van der Waals surface area contributed by atoms with Gasteiger partial charge < -0.3 is 34.3 Å². The lowest BCUT2D eigenvalue weighted by atomic mass is 9.84. The number of nitrogens with one attached hydrogen (secondary N) is 2. The predicted octanol–water partition coefficient (Wildman–Crippen LogP) is 5.24. The summed E-state index contributed by atoms with van der Waals surface area (Å²) in [5.74, 6) is 2.49. The molecule has 2 aromatic heterocycles. The number of hydrazine groups is 1. The van der Waals surface area contributed by atoms with E-state index in [1.165, 1.54) is 9.91 Å². The van der Waals surface area contributed by atoms with Crippen LogP contribution in [0.5, 0.6) is 5.75 Å². The number of benzene rings is 2. The Hall–Kier alpha value is -4.88. The second kappa shape index (κ2) is 27.1. The number of phenolic OH excluding ortho intramolecular Hbond substituents is 1. The number of rotatable bonds is 10. The topological polar surface area (TPSA) is 179 Å². The normalized spacial score (nSPS) is 18.9. The minimum atomic E-state index is -1.17. The molecule has 73 heavy (non-hydrogen) atoms. The Bertz CT molecular complexity index is 2670. The number of likely N-dealkylation sites (N-methyl/N-ethyl adjacent to an activating group) is 1. The summed E-state index contributed by atoms with van der Waals surface area (Å²) >= 11 is 0. The molecule has 0 saturated carbocycles. The van der Waals surface area contributed by atoms with Gasteiger partial charge in [0.2, 0.25) is 11.8 Å². The van der Waals surface area contributed by atoms with Crippen molar-refractivity contribution in [3.8, 4) is 40.0 Å². The number of hydrogen-bond acceptors (Lipinski definition) is 11. The lowest BCUT2D eigenvalue weighted by molar-refractivity contribution is -0.155. The van der Waals surface area contributed by atoms with Crippen LogP contribution in [0, 0.1) is 29.1 Å². The first kappa shape index (κ1) is 62.4. The fourth-order valence-electron chi connectivity index (χ4n) is 10.0. The molecular formula is C53H76N8O8S4. The Morgan fingerprint density at radius 3 is 2.44 bits per heavy atom. The Kier molecular flexibility index (Phi) is 23.1. The molecule has 6 bridgehead atoms. The molecular weight excluding hydrogens is 1000 g/mol. The van der Waals surface area contributed by atoms with Gasteiger partial charge in [0.05, 0.1) is 37.1 Å². The van der Waals surface area contributed by atoms with Crippen LogP contribution in [0.15, 0.2) is 54.7 Å². The molecule has 4 amide bonds. The van der Waals surface area contributed by atoms with Crippen molar-refractivity contribution in [2.75, 3.05) is 61.0 Å². The van der Waals surface area contributed by atoms with Crippen LogP contribution in [0.25, 0.3) is 33.3 Å². The maximum absolute atomic E-state index is 14.8. The van der Waals surface area contributed by atoms with Gasteiger partial charge in [0, 0.05) is 74.8 Å². The molecule has 3 aliphatic heterocycles. The molecule has 2 fully saturated rings. The van der Waals surface area contributed by atoms with E-state index in [0.29, 0.717) is 63.1 Å². The number of esters is 1. The highest BCUT2D eigenvalue weighted by atomic mass is 32.1. The molecule has 4 atom stereocenters. The second-order valence-corrected chi connectivity index (χ2v) is 20.1. The average Bonchev–Trinajstić information content (AvgIpc) is 3.93. The summed E-state index contributed by atoms with van der Waals surface area (Å²) in [6, 6.07) is 12.5. The Labute approximate surface area is 458 Å². The zero-order chi connectivity index (χ0) is 49.7. The SMILES string of the molecule is CCn1c(-c2cccnc2COC)c2c3cc(ccc31)-c1cc(O)cc(c1)C[C@H](NC(=O)[C@H](C(C)C)N(C)C(=O)[C@H]1CCN(C(=O)C#CCN(C)C)C1)C(=O)N1CCC[C@H](N1)C(=O)OCC(C)(C)C2.S.S.S.S. The molecule has 0 radical (unpaired) electrons. The van der Waals surface area contributed by atoms with Gasteiger partial charge in [-0.15, -0.1) is 0 Å². The number of fused-ring (bicyclic) bond motifs is 6. The zero-order valence-corrected chi connectivity index (χ0v) is 47.6. The molecule has 20 heteroatoms. The molecule has 0 unspecified atom stereocenters. The minimum Gasteiger partial charge on any atom is -0.508 e. The van der Waals surface area contributed by atoms with Crippen molar-refractivity contribution in [2.45, 2.75) is 98.0 Å². The van der Waals surface area contributed by atoms with Crippen LogP contribution < -0.4 is 10.7 Å². The highest BCUT2D eigenvalue weighted by molar-refractivity contribution is 7.59. The molecule has 7 rings (SSSR count). The fourth-order valence-corrected chi connectivity index (χ4v) is 10.0. The van der Waals surface area contributed by atoms with Gasteiger partial charge in [-0.1, -0.05) is 45.7 Å². The van der Waals surface area contributed by atoms with E-state index >= 15 is 0 Å². The van der Waals surface area contributed by atoms with Crippen LogP contribution in [0.3, 0.4) is 0 Å². The summed E-state index contributed by atoms with van der Waals surface area (Å²) in [5.41, 5.74) is 9.52. The number of methoxy groups -OCH3 is 1. The van der Waals surface area contributed by atoms with E-state index in [9.17, 15) is 29.1 Å². The zero-order valence-electron chi connectivity index (χ0n) is 43.6. The first-order chi connectivity index (χ1) is 32.9. The van der Waals surface area contributed by atoms with Crippen LogP contribution in [-0.2, 0) is 59.4 Å². The number of nitrogens with zero attached hydrogens (tertiary/aromatic N) is 6. The number of carbonyl (C=O) groups is 5. The molecule has 16 nitrogen and oxygen atoms in total. The maximum atomic E-state index is 14.8. The number of amides is 4. The number of ether oxygens (including phenoxy) is 2. The summed E-state index contributed by atoms with van der Waals surface area (Å²) < 4.78 is 14.0. The van der Waals surface area contributed by atoms with E-state index in [1.807, 2.05) is 51.0 Å². The average molecular weight is 1080 g/mol. The van der Waals surface area contributed by atoms with E-state index in [-0.39, 0.29) is 104 Å². The largest absolute Gasteiger partial charge is 0.508 e. The molecule has 2 saturated heterocycles. The van der Waals surface area contributed by atoms with E-state index in [2.05, 4.69) is 66.1 Å². The molecule has 400 valence electrons. The summed E-state index contributed by atoms with van der Waals surface area (Å²) in [6.07, 6.45) is 3.66. The van der Waals surface area contributed by atoms with Gasteiger partial charge in [0.15, 0.2) is 0 Å². The van der Waals surface area contributed by atoms with Gasteiger partial charge in [-0.05, 0) is 117 Å². The van der Waals surface area contributed by atoms with E-state index in [0.717, 1.165) is 39.0 Å². The monoisotopic (exact) mass is 1080 g/mol. The van der Waals surface area contributed by atoms with Crippen molar-refractivity contribution >= 4 is 94.5 Å². The summed E-state index contributed by atoms with van der Waals surface area (Å²) in [4.78, 5) is 79.8. The van der Waals surface area contributed by atoms with Crippen LogP contribution in [-0.4, -0.2) is 143 Å². The number of carbonyl (C=O) groups excluding carboxylic acids is 5. The lowest BCUT2D eigenvalue weighted by Gasteiger charge is -2.37. The van der Waals surface area contributed by atoms with Crippen molar-refractivity contribution in [3.05, 3.63) is 71.5 Å². The van der Waals surface area contributed by atoms with Gasteiger partial charge in [-0.2, -0.15) is 54.0 Å².